The zero-order chi connectivity index (χ0) is 14.6. The molecule has 1 heterocycles. The largest absolute Gasteiger partial charge is 0.480 e. The number of nitrogens with two attached hydrogens (primary N) is 1. The Balaban J connectivity index is 2.60. The summed E-state index contributed by atoms with van der Waals surface area (Å²) in [6, 6.07) is -0.907. The van der Waals surface area contributed by atoms with Gasteiger partial charge in [0, 0.05) is 25.7 Å². The molecule has 0 aromatic carbocycles. The molecule has 0 fully saturated rings. The van der Waals surface area contributed by atoms with Gasteiger partial charge in [-0.15, -0.1) is 5.10 Å². The molecule has 8 nitrogen and oxygen atoms in total. The Bertz CT molecular complexity index is 457. The lowest BCUT2D eigenvalue weighted by Gasteiger charge is -2.20. The molecule has 1 rings (SSSR count). The highest BCUT2D eigenvalue weighted by atomic mass is 16.4. The van der Waals surface area contributed by atoms with Gasteiger partial charge in [0.05, 0.1) is 5.69 Å². The second kappa shape index (κ2) is 6.28. The van der Waals surface area contributed by atoms with E-state index in [-0.39, 0.29) is 24.9 Å². The molecular weight excluding hydrogens is 250 g/mol. The van der Waals surface area contributed by atoms with Crippen LogP contribution in [0, 0.1) is 0 Å². The molecule has 1 atom stereocenters. The van der Waals surface area contributed by atoms with Crippen LogP contribution >= 0.6 is 0 Å². The van der Waals surface area contributed by atoms with Gasteiger partial charge in [-0.2, -0.15) is 0 Å². The van der Waals surface area contributed by atoms with Crippen molar-refractivity contribution in [3.8, 4) is 0 Å². The number of carbonyl (C=O) groups is 2. The van der Waals surface area contributed by atoms with E-state index in [0.717, 1.165) is 0 Å². The summed E-state index contributed by atoms with van der Waals surface area (Å²) in [5, 5.41) is 16.3. The molecule has 0 aliphatic carbocycles. The predicted octanol–water partition coefficient (Wildman–Crippen LogP) is -0.901. The van der Waals surface area contributed by atoms with Gasteiger partial charge in [-0.05, 0) is 13.8 Å². The van der Waals surface area contributed by atoms with Crippen LogP contribution in [0.5, 0.6) is 0 Å². The van der Waals surface area contributed by atoms with Crippen molar-refractivity contribution in [1.82, 2.24) is 19.9 Å². The molecule has 0 radical (unpaired) electrons. The van der Waals surface area contributed by atoms with Gasteiger partial charge >= 0.3 is 5.97 Å². The van der Waals surface area contributed by atoms with Crippen molar-refractivity contribution in [2.45, 2.75) is 38.9 Å². The lowest BCUT2D eigenvalue weighted by atomic mass is 10.2. The average Bonchev–Trinajstić information content (AvgIpc) is 2.74. The number of nitrogens with zero attached hydrogens (tertiary/aromatic N) is 4. The van der Waals surface area contributed by atoms with E-state index in [4.69, 9.17) is 10.8 Å². The fourth-order valence-corrected chi connectivity index (χ4v) is 1.36. The van der Waals surface area contributed by atoms with E-state index in [1.807, 2.05) is 13.8 Å². The maximum absolute atomic E-state index is 11.8. The highest BCUT2D eigenvalue weighted by molar-refractivity contribution is 5.75. The van der Waals surface area contributed by atoms with E-state index in [1.165, 1.54) is 10.9 Å². The summed E-state index contributed by atoms with van der Waals surface area (Å²) in [5.41, 5.74) is 5.85. The molecule has 1 aromatic rings. The van der Waals surface area contributed by atoms with E-state index in [1.54, 1.807) is 11.9 Å². The van der Waals surface area contributed by atoms with Crippen LogP contribution in [-0.4, -0.2) is 56.0 Å². The van der Waals surface area contributed by atoms with E-state index < -0.39 is 12.0 Å². The van der Waals surface area contributed by atoms with Crippen LogP contribution in [0.15, 0.2) is 6.20 Å². The number of aliphatic carboxylic acids is 1. The summed E-state index contributed by atoms with van der Waals surface area (Å²) < 4.78 is 1.38. The fraction of sp³-hybridized carbons (Fsp3) is 0.636. The first-order chi connectivity index (χ1) is 8.81. The van der Waals surface area contributed by atoms with Gasteiger partial charge in [0.25, 0.3) is 0 Å². The molecule has 3 N–H and O–H groups in total. The summed E-state index contributed by atoms with van der Waals surface area (Å²) in [6.07, 6.45) is 1.62. The lowest BCUT2D eigenvalue weighted by molar-refractivity contribution is -0.138. The molecule has 0 spiro atoms. The molecular formula is C11H19N5O3. The number of carboxylic acid groups (broad SMARTS) is 1. The van der Waals surface area contributed by atoms with Crippen molar-refractivity contribution in [2.75, 3.05) is 7.05 Å². The molecule has 1 unspecified atom stereocenters. The Kier molecular flexibility index (Phi) is 4.99. The maximum Gasteiger partial charge on any atom is 0.320 e. The van der Waals surface area contributed by atoms with Crippen LogP contribution in [0.4, 0.5) is 0 Å². The molecule has 0 bridgehead atoms. The number of hydrogen-bond donors (Lipinski definition) is 2. The van der Waals surface area contributed by atoms with Crippen molar-refractivity contribution in [3.63, 3.8) is 0 Å². The van der Waals surface area contributed by atoms with Gasteiger partial charge in [0.1, 0.15) is 12.6 Å². The molecule has 0 saturated heterocycles. The monoisotopic (exact) mass is 269 g/mol. The standard InChI is InChI=1S/C11H19N5O3/c1-7(2)15(3)10(17)6-16-5-8(13-14-16)4-9(12)11(18)19/h5,7,9H,4,6,12H2,1-3H3,(H,18,19). The molecule has 0 aliphatic rings. The number of hydrogen-bond acceptors (Lipinski definition) is 5. The van der Waals surface area contributed by atoms with E-state index in [9.17, 15) is 9.59 Å². The molecule has 1 aromatic heterocycles. The lowest BCUT2D eigenvalue weighted by Crippen LogP contribution is -2.35. The Morgan fingerprint density at radius 3 is 2.68 bits per heavy atom. The van der Waals surface area contributed by atoms with Crippen LogP contribution in [0.1, 0.15) is 19.5 Å². The second-order valence-electron chi connectivity index (χ2n) is 4.65. The van der Waals surface area contributed by atoms with Crippen LogP contribution in [-0.2, 0) is 22.6 Å². The van der Waals surface area contributed by atoms with Crippen molar-refractivity contribution in [2.24, 2.45) is 5.73 Å². The quantitative estimate of drug-likeness (QED) is 0.691. The Hall–Kier alpha value is -1.96. The normalized spacial score (nSPS) is 12.5. The minimum absolute atomic E-state index is 0.0734. The van der Waals surface area contributed by atoms with Crippen LogP contribution in [0.25, 0.3) is 0 Å². The van der Waals surface area contributed by atoms with Gasteiger partial charge in [-0.3, -0.25) is 9.59 Å². The first kappa shape index (κ1) is 15.1. The Morgan fingerprint density at radius 2 is 2.16 bits per heavy atom. The fourth-order valence-electron chi connectivity index (χ4n) is 1.36. The third-order valence-corrected chi connectivity index (χ3v) is 2.80. The minimum Gasteiger partial charge on any atom is -0.480 e. The van der Waals surface area contributed by atoms with E-state index in [0.29, 0.717) is 5.69 Å². The average molecular weight is 269 g/mol. The molecule has 19 heavy (non-hydrogen) atoms. The summed E-state index contributed by atoms with van der Waals surface area (Å²) in [7, 11) is 1.71. The third-order valence-electron chi connectivity index (χ3n) is 2.80. The second-order valence-corrected chi connectivity index (χ2v) is 4.65. The van der Waals surface area contributed by atoms with Crippen molar-refractivity contribution in [1.29, 1.82) is 0 Å². The topological polar surface area (TPSA) is 114 Å². The Morgan fingerprint density at radius 1 is 1.53 bits per heavy atom. The number of carbonyl (C=O) groups excluding carboxylic acids is 1. The van der Waals surface area contributed by atoms with Gasteiger partial charge in [0.15, 0.2) is 0 Å². The maximum atomic E-state index is 11.8. The summed E-state index contributed by atoms with van der Waals surface area (Å²) >= 11 is 0. The summed E-state index contributed by atoms with van der Waals surface area (Å²) in [6.45, 7) is 3.90. The van der Waals surface area contributed by atoms with Crippen molar-refractivity contribution >= 4 is 11.9 Å². The van der Waals surface area contributed by atoms with E-state index >= 15 is 0 Å². The number of rotatable bonds is 6. The molecule has 106 valence electrons. The smallest absolute Gasteiger partial charge is 0.320 e. The molecule has 0 saturated carbocycles. The number of amides is 1. The highest BCUT2D eigenvalue weighted by Crippen LogP contribution is 2.00. The van der Waals surface area contributed by atoms with Crippen molar-refractivity contribution in [3.05, 3.63) is 11.9 Å². The summed E-state index contributed by atoms with van der Waals surface area (Å²) in [5.74, 6) is -1.18. The highest BCUT2D eigenvalue weighted by Gasteiger charge is 2.16. The molecule has 0 aliphatic heterocycles. The summed E-state index contributed by atoms with van der Waals surface area (Å²) in [4.78, 5) is 24.0. The van der Waals surface area contributed by atoms with E-state index in [2.05, 4.69) is 10.3 Å². The number of likely N-dealkylation sites (N-methyl/N-ethyl adjacent to an activating group) is 1. The SMILES string of the molecule is CC(C)N(C)C(=O)Cn1cc(CC(N)C(=O)O)nn1. The predicted molar refractivity (Wildman–Crippen MR) is 67.2 cm³/mol. The van der Waals surface area contributed by atoms with Gasteiger partial charge < -0.3 is 15.7 Å². The zero-order valence-electron chi connectivity index (χ0n) is 11.3. The first-order valence-corrected chi connectivity index (χ1v) is 5.94. The van der Waals surface area contributed by atoms with Gasteiger partial charge in [0.2, 0.25) is 5.91 Å². The van der Waals surface area contributed by atoms with Crippen LogP contribution < -0.4 is 5.73 Å². The third kappa shape index (κ3) is 4.32. The Labute approximate surface area is 111 Å². The van der Waals surface area contributed by atoms with Crippen molar-refractivity contribution < 1.29 is 14.7 Å². The van der Waals surface area contributed by atoms with Crippen LogP contribution in [0.3, 0.4) is 0 Å². The molecule has 8 heteroatoms. The van der Waals surface area contributed by atoms with Gasteiger partial charge in [-0.1, -0.05) is 5.21 Å². The number of aromatic nitrogens is 3. The van der Waals surface area contributed by atoms with Crippen LogP contribution in [0.2, 0.25) is 0 Å². The number of carboxylic acids is 1. The van der Waals surface area contributed by atoms with Gasteiger partial charge in [-0.25, -0.2) is 4.68 Å². The minimum atomic E-state index is -1.09. The first-order valence-electron chi connectivity index (χ1n) is 5.94. The zero-order valence-corrected chi connectivity index (χ0v) is 11.3. The molecule has 1 amide bonds.